The highest BCUT2D eigenvalue weighted by Crippen LogP contribution is 2.22. The molecular formula is C12H10O4S2. The van der Waals surface area contributed by atoms with Crippen molar-refractivity contribution < 1.29 is 18.3 Å². The van der Waals surface area contributed by atoms with Crippen LogP contribution in [0.3, 0.4) is 0 Å². The van der Waals surface area contributed by atoms with Crippen LogP contribution >= 0.6 is 11.3 Å². The van der Waals surface area contributed by atoms with Crippen molar-refractivity contribution in [1.82, 2.24) is 0 Å². The highest BCUT2D eigenvalue weighted by atomic mass is 32.2. The Morgan fingerprint density at radius 1 is 1.17 bits per heavy atom. The Bertz CT molecular complexity index is 656. The average Bonchev–Trinajstić information content (AvgIpc) is 2.78. The number of rotatable bonds is 4. The molecule has 94 valence electrons. The maximum atomic E-state index is 12.1. The largest absolute Gasteiger partial charge is 0.477 e. The van der Waals surface area contributed by atoms with Crippen molar-refractivity contribution in [2.24, 2.45) is 0 Å². The molecular weight excluding hydrogens is 272 g/mol. The number of carboxylic acids is 1. The molecule has 0 aliphatic carbocycles. The number of aromatic carboxylic acids is 1. The maximum absolute atomic E-state index is 12.1. The molecule has 2 aromatic rings. The van der Waals surface area contributed by atoms with Gasteiger partial charge < -0.3 is 5.11 Å². The molecule has 0 atom stereocenters. The molecule has 1 heterocycles. The summed E-state index contributed by atoms with van der Waals surface area (Å²) in [7, 11) is -3.50. The predicted octanol–water partition coefficient (Wildman–Crippen LogP) is 2.42. The van der Waals surface area contributed by atoms with Gasteiger partial charge in [-0.25, -0.2) is 13.2 Å². The molecule has 0 bridgehead atoms. The zero-order valence-corrected chi connectivity index (χ0v) is 10.9. The lowest BCUT2D eigenvalue weighted by molar-refractivity contribution is 0.0701. The fraction of sp³-hybridized carbons (Fsp3) is 0.0833. The van der Waals surface area contributed by atoms with Crippen molar-refractivity contribution in [3.05, 3.63) is 52.2 Å². The summed E-state index contributed by atoms with van der Waals surface area (Å²) in [5.74, 6) is -1.38. The third-order valence-corrected chi connectivity index (χ3v) is 5.01. The van der Waals surface area contributed by atoms with E-state index in [-0.39, 0.29) is 15.5 Å². The molecule has 0 unspecified atom stereocenters. The summed E-state index contributed by atoms with van der Waals surface area (Å²) in [5.41, 5.74) is 0.330. The van der Waals surface area contributed by atoms with Gasteiger partial charge in [-0.3, -0.25) is 0 Å². The lowest BCUT2D eigenvalue weighted by Crippen LogP contribution is -2.07. The molecule has 0 radical (unpaired) electrons. The first-order valence-electron chi connectivity index (χ1n) is 5.08. The van der Waals surface area contributed by atoms with E-state index in [9.17, 15) is 13.2 Å². The molecule has 4 nitrogen and oxygen atoms in total. The fourth-order valence-corrected chi connectivity index (χ4v) is 3.79. The van der Waals surface area contributed by atoms with E-state index in [0.29, 0.717) is 5.56 Å². The van der Waals surface area contributed by atoms with Crippen LogP contribution in [-0.2, 0) is 15.6 Å². The van der Waals surface area contributed by atoms with Gasteiger partial charge in [-0.1, -0.05) is 18.2 Å². The molecule has 18 heavy (non-hydrogen) atoms. The summed E-state index contributed by atoms with van der Waals surface area (Å²) in [6, 6.07) is 9.54. The van der Waals surface area contributed by atoms with Crippen molar-refractivity contribution in [3.63, 3.8) is 0 Å². The average molecular weight is 282 g/mol. The molecule has 0 fully saturated rings. The number of carboxylic acid groups (broad SMARTS) is 1. The van der Waals surface area contributed by atoms with Crippen LogP contribution in [0.2, 0.25) is 0 Å². The van der Waals surface area contributed by atoms with E-state index in [1.165, 1.54) is 18.2 Å². The van der Waals surface area contributed by atoms with E-state index in [2.05, 4.69) is 0 Å². The first kappa shape index (κ1) is 12.8. The third-order valence-electron chi connectivity index (χ3n) is 2.39. The van der Waals surface area contributed by atoms with Gasteiger partial charge in [0.15, 0.2) is 9.84 Å². The summed E-state index contributed by atoms with van der Waals surface area (Å²) in [6.45, 7) is 0. The Balaban J connectivity index is 2.34. The maximum Gasteiger partial charge on any atom is 0.346 e. The zero-order valence-electron chi connectivity index (χ0n) is 9.24. The minimum absolute atomic E-state index is 0.0782. The quantitative estimate of drug-likeness (QED) is 0.934. The number of thiophene rings is 1. The van der Waals surface area contributed by atoms with Gasteiger partial charge in [0.05, 0.1) is 10.6 Å². The monoisotopic (exact) mass is 282 g/mol. The lowest BCUT2D eigenvalue weighted by atomic mass is 10.3. The lowest BCUT2D eigenvalue weighted by Gasteiger charge is -2.03. The number of carbonyl (C=O) groups is 1. The molecule has 0 saturated carbocycles. The summed E-state index contributed by atoms with van der Waals surface area (Å²) in [5, 5.41) is 10.5. The number of hydrogen-bond acceptors (Lipinski definition) is 4. The molecule has 0 aliphatic rings. The van der Waals surface area contributed by atoms with Crippen molar-refractivity contribution in [3.8, 4) is 0 Å². The topological polar surface area (TPSA) is 71.4 Å². The van der Waals surface area contributed by atoms with Crippen LogP contribution in [0.5, 0.6) is 0 Å². The van der Waals surface area contributed by atoms with Crippen molar-refractivity contribution in [2.45, 2.75) is 10.6 Å². The Kier molecular flexibility index (Phi) is 3.49. The van der Waals surface area contributed by atoms with Crippen molar-refractivity contribution >= 4 is 27.1 Å². The van der Waals surface area contributed by atoms with Crippen LogP contribution in [0.1, 0.15) is 15.2 Å². The van der Waals surface area contributed by atoms with Gasteiger partial charge in [0.2, 0.25) is 0 Å². The minimum atomic E-state index is -3.50. The molecule has 1 aromatic carbocycles. The molecule has 0 aliphatic heterocycles. The van der Waals surface area contributed by atoms with E-state index in [0.717, 1.165) is 11.3 Å². The summed E-state index contributed by atoms with van der Waals surface area (Å²) in [6.07, 6.45) is 0. The third kappa shape index (κ3) is 2.60. The number of hydrogen-bond donors (Lipinski definition) is 1. The van der Waals surface area contributed by atoms with E-state index in [4.69, 9.17) is 5.11 Å². The fourth-order valence-electron chi connectivity index (χ4n) is 1.55. The number of benzene rings is 1. The van der Waals surface area contributed by atoms with Crippen molar-refractivity contribution in [2.75, 3.05) is 0 Å². The van der Waals surface area contributed by atoms with E-state index in [1.807, 2.05) is 0 Å². The molecule has 0 amide bonds. The Hall–Kier alpha value is -1.66. The summed E-state index contributed by atoms with van der Waals surface area (Å²) < 4.78 is 24.2. The van der Waals surface area contributed by atoms with Crippen LogP contribution in [0, 0.1) is 0 Å². The smallest absolute Gasteiger partial charge is 0.346 e. The predicted molar refractivity (Wildman–Crippen MR) is 68.6 cm³/mol. The van der Waals surface area contributed by atoms with E-state index in [1.54, 1.807) is 23.6 Å². The Morgan fingerprint density at radius 3 is 2.44 bits per heavy atom. The molecule has 0 spiro atoms. The Morgan fingerprint density at radius 2 is 1.83 bits per heavy atom. The molecule has 6 heteroatoms. The van der Waals surface area contributed by atoms with Crippen LogP contribution < -0.4 is 0 Å². The van der Waals surface area contributed by atoms with Gasteiger partial charge in [0, 0.05) is 0 Å². The van der Waals surface area contributed by atoms with Gasteiger partial charge in [0.25, 0.3) is 0 Å². The summed E-state index contributed by atoms with van der Waals surface area (Å²) >= 11 is 1.03. The van der Waals surface area contributed by atoms with E-state index >= 15 is 0 Å². The molecule has 0 saturated heterocycles. The minimum Gasteiger partial charge on any atom is -0.477 e. The number of sulfone groups is 1. The van der Waals surface area contributed by atoms with Crippen LogP contribution in [0.15, 0.2) is 46.7 Å². The first-order chi connectivity index (χ1) is 8.50. The van der Waals surface area contributed by atoms with Gasteiger partial charge in [-0.05, 0) is 29.1 Å². The highest BCUT2D eigenvalue weighted by Gasteiger charge is 2.20. The second kappa shape index (κ2) is 4.91. The van der Waals surface area contributed by atoms with E-state index < -0.39 is 15.8 Å². The van der Waals surface area contributed by atoms with Crippen LogP contribution in [0.4, 0.5) is 0 Å². The zero-order chi connectivity index (χ0) is 13.2. The van der Waals surface area contributed by atoms with Crippen LogP contribution in [0.25, 0.3) is 0 Å². The van der Waals surface area contributed by atoms with Gasteiger partial charge in [-0.2, -0.15) is 0 Å². The second-order valence-electron chi connectivity index (χ2n) is 3.65. The standard InChI is InChI=1S/C12H10O4S2/c13-12(14)11-9(6-7-17-11)8-18(15,16)10-4-2-1-3-5-10/h1-7H,8H2,(H,13,14). The molecule has 1 aromatic heterocycles. The second-order valence-corrected chi connectivity index (χ2v) is 6.56. The molecule has 2 rings (SSSR count). The molecule has 1 N–H and O–H groups in total. The highest BCUT2D eigenvalue weighted by molar-refractivity contribution is 7.90. The SMILES string of the molecule is O=C(O)c1sccc1CS(=O)(=O)c1ccccc1. The normalized spacial score (nSPS) is 11.3. The van der Waals surface area contributed by atoms with Crippen LogP contribution in [-0.4, -0.2) is 19.5 Å². The van der Waals surface area contributed by atoms with Gasteiger partial charge in [0.1, 0.15) is 4.88 Å². The van der Waals surface area contributed by atoms with Gasteiger partial charge >= 0.3 is 5.97 Å². The van der Waals surface area contributed by atoms with Crippen molar-refractivity contribution in [1.29, 1.82) is 0 Å². The Labute approximate surface area is 108 Å². The first-order valence-corrected chi connectivity index (χ1v) is 7.61. The summed E-state index contributed by atoms with van der Waals surface area (Å²) in [4.78, 5) is 11.2. The van der Waals surface area contributed by atoms with Gasteiger partial charge in [-0.15, -0.1) is 11.3 Å².